The number of benzene rings is 1. The van der Waals surface area contributed by atoms with E-state index in [2.05, 4.69) is 26.5 Å². The highest BCUT2D eigenvalue weighted by Crippen LogP contribution is 2.28. The molecule has 0 bridgehead atoms. The largest absolute Gasteiger partial charge is 0.271 e. The third kappa shape index (κ3) is 1.29. The van der Waals surface area contributed by atoms with Gasteiger partial charge >= 0.3 is 0 Å². The number of hydrogen-bond acceptors (Lipinski definition) is 3. The normalized spacial score (nSPS) is 13.2. The van der Waals surface area contributed by atoms with Crippen molar-refractivity contribution in [2.24, 2.45) is 5.10 Å². The van der Waals surface area contributed by atoms with E-state index in [0.717, 1.165) is 5.56 Å². The molecule has 0 N–H and O–H groups in total. The summed E-state index contributed by atoms with van der Waals surface area (Å²) >= 11 is 3.18. The van der Waals surface area contributed by atoms with Crippen LogP contribution in [0, 0.1) is 10.1 Å². The van der Waals surface area contributed by atoms with Crippen LogP contribution in [0.15, 0.2) is 23.3 Å². The van der Waals surface area contributed by atoms with Gasteiger partial charge in [0.25, 0.3) is 5.69 Å². The quantitative estimate of drug-likeness (QED) is 0.556. The maximum atomic E-state index is 10.4. The summed E-state index contributed by atoms with van der Waals surface area (Å²) in [5.41, 5.74) is 5.10. The standard InChI is InChI=1S/C7H3BrN3O2/c8-7-5-2-1-4(11(12)13)3-6(5)9-10-7/h1-3H. The zero-order chi connectivity index (χ0) is 9.42. The van der Waals surface area contributed by atoms with Crippen LogP contribution in [0.5, 0.6) is 0 Å². The number of rotatable bonds is 1. The fraction of sp³-hybridized carbons (Fsp3) is 0. The molecule has 1 aromatic carbocycles. The Kier molecular flexibility index (Phi) is 1.77. The molecule has 0 unspecified atom stereocenters. The van der Waals surface area contributed by atoms with Crippen molar-refractivity contribution < 1.29 is 4.92 Å². The Balaban J connectivity index is 2.49. The van der Waals surface area contributed by atoms with Crippen molar-refractivity contribution in [3.8, 4) is 0 Å². The number of nitro benzene ring substituents is 1. The van der Waals surface area contributed by atoms with E-state index in [0.29, 0.717) is 10.3 Å². The molecule has 1 aliphatic rings. The van der Waals surface area contributed by atoms with Crippen molar-refractivity contribution in [1.82, 2.24) is 5.43 Å². The number of nitro groups is 1. The third-order valence-corrected chi connectivity index (χ3v) is 2.25. The van der Waals surface area contributed by atoms with E-state index in [9.17, 15) is 10.1 Å². The molecular formula is C7H3BrN3O2. The highest BCUT2D eigenvalue weighted by atomic mass is 79.9. The first kappa shape index (κ1) is 8.18. The fourth-order valence-electron chi connectivity index (χ4n) is 1.04. The van der Waals surface area contributed by atoms with Gasteiger partial charge in [-0.1, -0.05) is 0 Å². The highest BCUT2D eigenvalue weighted by molar-refractivity contribution is 9.18. The number of halogens is 1. The van der Waals surface area contributed by atoms with E-state index >= 15 is 0 Å². The second-order valence-corrected chi connectivity index (χ2v) is 3.20. The summed E-state index contributed by atoms with van der Waals surface area (Å²) in [5, 5.41) is 14.1. The van der Waals surface area contributed by atoms with Gasteiger partial charge in [-0.2, -0.15) is 0 Å². The predicted molar refractivity (Wildman–Crippen MR) is 50.4 cm³/mol. The zero-order valence-electron chi connectivity index (χ0n) is 6.27. The average molecular weight is 241 g/mol. The first-order chi connectivity index (χ1) is 6.18. The van der Waals surface area contributed by atoms with E-state index in [4.69, 9.17) is 0 Å². The minimum Gasteiger partial charge on any atom is -0.258 e. The van der Waals surface area contributed by atoms with E-state index in [1.807, 2.05) is 0 Å². The van der Waals surface area contributed by atoms with Crippen molar-refractivity contribution in [2.75, 3.05) is 0 Å². The van der Waals surface area contributed by atoms with Crippen molar-refractivity contribution in [3.05, 3.63) is 33.9 Å². The summed E-state index contributed by atoms with van der Waals surface area (Å²) in [6, 6.07) is 4.45. The van der Waals surface area contributed by atoms with Gasteiger partial charge in [-0.3, -0.25) is 10.1 Å². The first-order valence-electron chi connectivity index (χ1n) is 3.41. The molecule has 5 nitrogen and oxygen atoms in total. The smallest absolute Gasteiger partial charge is 0.258 e. The molecule has 1 aromatic rings. The Morgan fingerprint density at radius 3 is 2.92 bits per heavy atom. The second-order valence-electron chi connectivity index (χ2n) is 2.45. The molecule has 0 spiro atoms. The molecule has 6 heteroatoms. The SMILES string of the molecule is O=[N+]([O-])c1ccc2c(c1)[N]N=C2Br. The number of non-ortho nitro benzene ring substituents is 1. The molecule has 65 valence electrons. The van der Waals surface area contributed by atoms with Crippen LogP contribution in [-0.2, 0) is 0 Å². The summed E-state index contributed by atoms with van der Waals surface area (Å²) in [4.78, 5) is 9.94. The summed E-state index contributed by atoms with van der Waals surface area (Å²) in [6.07, 6.45) is 0. The van der Waals surface area contributed by atoms with Crippen LogP contribution in [0.3, 0.4) is 0 Å². The van der Waals surface area contributed by atoms with Crippen molar-refractivity contribution in [2.45, 2.75) is 0 Å². The van der Waals surface area contributed by atoms with Gasteiger partial charge in [0, 0.05) is 17.7 Å². The van der Waals surface area contributed by atoms with Gasteiger partial charge in [0.05, 0.1) is 4.92 Å². The molecule has 13 heavy (non-hydrogen) atoms. The van der Waals surface area contributed by atoms with E-state index in [1.165, 1.54) is 12.1 Å². The van der Waals surface area contributed by atoms with E-state index in [-0.39, 0.29) is 5.69 Å². The first-order valence-corrected chi connectivity index (χ1v) is 4.21. The third-order valence-electron chi connectivity index (χ3n) is 1.66. The van der Waals surface area contributed by atoms with Crippen molar-refractivity contribution in [1.29, 1.82) is 0 Å². The minimum absolute atomic E-state index is 0.0277. The van der Waals surface area contributed by atoms with Gasteiger partial charge in [0.15, 0.2) is 0 Å². The van der Waals surface area contributed by atoms with Gasteiger partial charge in [0.2, 0.25) is 0 Å². The lowest BCUT2D eigenvalue weighted by Gasteiger charge is -1.95. The van der Waals surface area contributed by atoms with Crippen molar-refractivity contribution >= 4 is 31.9 Å². The molecule has 1 radical (unpaired) electrons. The number of nitrogens with zero attached hydrogens (tertiary/aromatic N) is 3. The monoisotopic (exact) mass is 240 g/mol. The zero-order valence-corrected chi connectivity index (χ0v) is 7.85. The molecule has 0 saturated heterocycles. The van der Waals surface area contributed by atoms with Gasteiger partial charge in [-0.15, -0.1) is 10.5 Å². The lowest BCUT2D eigenvalue weighted by Crippen LogP contribution is -1.91. The van der Waals surface area contributed by atoms with E-state index in [1.54, 1.807) is 6.07 Å². The molecule has 0 amide bonds. The highest BCUT2D eigenvalue weighted by Gasteiger charge is 2.18. The lowest BCUT2D eigenvalue weighted by molar-refractivity contribution is -0.384. The van der Waals surface area contributed by atoms with Crippen LogP contribution in [0.4, 0.5) is 11.4 Å². The molecule has 0 aliphatic carbocycles. The molecule has 1 aliphatic heterocycles. The van der Waals surface area contributed by atoms with Crippen molar-refractivity contribution in [3.63, 3.8) is 0 Å². The van der Waals surface area contributed by atoms with E-state index < -0.39 is 4.92 Å². The van der Waals surface area contributed by atoms with Gasteiger partial charge in [0.1, 0.15) is 10.3 Å². The van der Waals surface area contributed by atoms with Gasteiger partial charge in [-0.05, 0) is 22.0 Å². The maximum Gasteiger partial charge on any atom is 0.271 e. The minimum atomic E-state index is -0.456. The molecule has 0 saturated carbocycles. The Morgan fingerprint density at radius 2 is 2.23 bits per heavy atom. The van der Waals surface area contributed by atoms with Crippen LogP contribution in [0.2, 0.25) is 0 Å². The topological polar surface area (TPSA) is 69.6 Å². The van der Waals surface area contributed by atoms with Crippen LogP contribution in [0.25, 0.3) is 0 Å². The lowest BCUT2D eigenvalue weighted by atomic mass is 10.2. The Hall–Kier alpha value is -1.43. The molecule has 1 heterocycles. The summed E-state index contributed by atoms with van der Waals surface area (Å²) in [7, 11) is 0. The average Bonchev–Trinajstić information content (AvgIpc) is 2.47. The Morgan fingerprint density at radius 1 is 1.46 bits per heavy atom. The maximum absolute atomic E-state index is 10.4. The fourth-order valence-corrected chi connectivity index (χ4v) is 1.46. The van der Waals surface area contributed by atoms with Gasteiger partial charge in [-0.25, -0.2) is 0 Å². The van der Waals surface area contributed by atoms with Crippen LogP contribution in [-0.4, -0.2) is 9.54 Å². The summed E-state index contributed by atoms with van der Waals surface area (Å²) in [6.45, 7) is 0. The molecule has 0 aromatic heterocycles. The van der Waals surface area contributed by atoms with Gasteiger partial charge < -0.3 is 0 Å². The predicted octanol–water partition coefficient (Wildman–Crippen LogP) is 1.90. The molecular weight excluding hydrogens is 238 g/mol. The Labute approximate surface area is 81.7 Å². The van der Waals surface area contributed by atoms with Crippen LogP contribution >= 0.6 is 15.9 Å². The molecule has 0 fully saturated rings. The molecule has 0 atom stereocenters. The summed E-state index contributed by atoms with van der Waals surface area (Å²) in [5.74, 6) is 0. The summed E-state index contributed by atoms with van der Waals surface area (Å²) < 4.78 is 0.609. The Bertz CT molecular complexity index is 416. The molecule has 2 rings (SSSR count). The second kappa shape index (κ2) is 2.81. The number of fused-ring (bicyclic) bond motifs is 1. The van der Waals surface area contributed by atoms with Crippen LogP contribution in [0.1, 0.15) is 5.56 Å². The van der Waals surface area contributed by atoms with Crippen LogP contribution < -0.4 is 5.43 Å². The number of hydrogen-bond donors (Lipinski definition) is 0.